The minimum absolute atomic E-state index is 0.0322. The van der Waals surface area contributed by atoms with E-state index in [1.807, 2.05) is 20.8 Å². The lowest BCUT2D eigenvalue weighted by molar-refractivity contribution is -0.123. The van der Waals surface area contributed by atoms with Crippen LogP contribution < -0.4 is 10.1 Å². The third-order valence-electron chi connectivity index (χ3n) is 3.14. The fraction of sp³-hybridized carbons (Fsp3) is 0.500. The number of amides is 1. The van der Waals surface area contributed by atoms with E-state index in [-0.39, 0.29) is 23.3 Å². The molecule has 1 unspecified atom stereocenters. The molecule has 0 aliphatic rings. The number of hydrogen-bond donors (Lipinski definition) is 1. The van der Waals surface area contributed by atoms with E-state index in [2.05, 4.69) is 5.32 Å². The standard InChI is InChI=1S/C14H20ClNO4S/c1-4-10(3)12-8-11(21(15,18)19)6-7-13(12)20-9-14(17)16-5-2/h6-8,10H,4-5,9H2,1-3H3,(H,16,17). The van der Waals surface area contributed by atoms with E-state index < -0.39 is 9.05 Å². The molecule has 1 N–H and O–H groups in total. The Bertz CT molecular complexity index is 601. The Kier molecular flexibility index (Phi) is 6.48. The van der Waals surface area contributed by atoms with Gasteiger partial charge in [0.15, 0.2) is 6.61 Å². The number of likely N-dealkylation sites (N-methyl/N-ethyl adjacent to an activating group) is 1. The smallest absolute Gasteiger partial charge is 0.261 e. The molecule has 1 amide bonds. The summed E-state index contributed by atoms with van der Waals surface area (Å²) in [6, 6.07) is 4.42. The summed E-state index contributed by atoms with van der Waals surface area (Å²) in [6.07, 6.45) is 0.809. The number of halogens is 1. The van der Waals surface area contributed by atoms with E-state index in [0.29, 0.717) is 12.3 Å². The van der Waals surface area contributed by atoms with Gasteiger partial charge in [0, 0.05) is 17.2 Å². The van der Waals surface area contributed by atoms with Gasteiger partial charge in [0.05, 0.1) is 4.90 Å². The first-order valence-corrected chi connectivity index (χ1v) is 9.08. The van der Waals surface area contributed by atoms with Crippen LogP contribution in [0.3, 0.4) is 0 Å². The van der Waals surface area contributed by atoms with Crippen LogP contribution in [0.1, 0.15) is 38.7 Å². The van der Waals surface area contributed by atoms with Gasteiger partial charge in [0.25, 0.3) is 15.0 Å². The van der Waals surface area contributed by atoms with Crippen molar-refractivity contribution in [1.29, 1.82) is 0 Å². The van der Waals surface area contributed by atoms with Crippen molar-refractivity contribution in [1.82, 2.24) is 5.32 Å². The van der Waals surface area contributed by atoms with Gasteiger partial charge in [-0.2, -0.15) is 0 Å². The molecule has 5 nitrogen and oxygen atoms in total. The summed E-state index contributed by atoms with van der Waals surface area (Å²) in [5.41, 5.74) is 0.725. The Morgan fingerprint density at radius 3 is 2.57 bits per heavy atom. The van der Waals surface area contributed by atoms with Gasteiger partial charge in [0.1, 0.15) is 5.75 Å². The van der Waals surface area contributed by atoms with E-state index in [4.69, 9.17) is 15.4 Å². The van der Waals surface area contributed by atoms with Crippen molar-refractivity contribution in [2.45, 2.75) is 38.0 Å². The molecule has 118 valence electrons. The van der Waals surface area contributed by atoms with Gasteiger partial charge in [-0.3, -0.25) is 4.79 Å². The Morgan fingerprint density at radius 2 is 2.05 bits per heavy atom. The summed E-state index contributed by atoms with van der Waals surface area (Å²) in [7, 11) is 1.58. The molecule has 0 saturated carbocycles. The average Bonchev–Trinajstić information content (AvgIpc) is 2.43. The van der Waals surface area contributed by atoms with Gasteiger partial charge in [-0.25, -0.2) is 8.42 Å². The Balaban J connectivity index is 3.05. The van der Waals surface area contributed by atoms with Crippen molar-refractivity contribution in [3.05, 3.63) is 23.8 Å². The topological polar surface area (TPSA) is 72.5 Å². The predicted octanol–water partition coefficient (Wildman–Crippen LogP) is 2.64. The van der Waals surface area contributed by atoms with Crippen LogP contribution in [0.25, 0.3) is 0 Å². The van der Waals surface area contributed by atoms with Gasteiger partial charge in [-0.05, 0) is 43.0 Å². The van der Waals surface area contributed by atoms with Crippen molar-refractivity contribution in [3.8, 4) is 5.75 Å². The highest BCUT2D eigenvalue weighted by Crippen LogP contribution is 2.32. The fourth-order valence-corrected chi connectivity index (χ4v) is 2.59. The third kappa shape index (κ3) is 5.21. The Hall–Kier alpha value is -1.27. The van der Waals surface area contributed by atoms with Crippen molar-refractivity contribution in [2.75, 3.05) is 13.2 Å². The van der Waals surface area contributed by atoms with E-state index in [0.717, 1.165) is 12.0 Å². The third-order valence-corrected chi connectivity index (χ3v) is 4.49. The number of nitrogens with one attached hydrogen (secondary N) is 1. The highest BCUT2D eigenvalue weighted by atomic mass is 35.7. The molecule has 1 rings (SSSR count). The van der Waals surface area contributed by atoms with Crippen LogP contribution in [0.15, 0.2) is 23.1 Å². The first kappa shape index (κ1) is 17.8. The first-order chi connectivity index (χ1) is 9.79. The van der Waals surface area contributed by atoms with Gasteiger partial charge >= 0.3 is 0 Å². The molecular formula is C14H20ClNO4S. The molecule has 0 fully saturated rings. The molecule has 1 atom stereocenters. The SMILES string of the molecule is CCNC(=O)COc1ccc(S(=O)(=O)Cl)cc1C(C)CC. The first-order valence-electron chi connectivity index (χ1n) is 6.77. The maximum absolute atomic E-state index is 11.4. The lowest BCUT2D eigenvalue weighted by Crippen LogP contribution is -2.28. The van der Waals surface area contributed by atoms with Crippen LogP contribution in [0.4, 0.5) is 0 Å². The maximum atomic E-state index is 11.4. The molecule has 0 aliphatic carbocycles. The average molecular weight is 334 g/mol. The summed E-state index contributed by atoms with van der Waals surface area (Å²) < 4.78 is 28.3. The molecule has 0 spiro atoms. The quantitative estimate of drug-likeness (QED) is 0.778. The number of hydrogen-bond acceptors (Lipinski definition) is 4. The minimum Gasteiger partial charge on any atom is -0.483 e. The highest BCUT2D eigenvalue weighted by molar-refractivity contribution is 8.13. The van der Waals surface area contributed by atoms with Crippen LogP contribution in [-0.2, 0) is 13.8 Å². The molecule has 7 heteroatoms. The molecule has 21 heavy (non-hydrogen) atoms. The van der Waals surface area contributed by atoms with E-state index in [1.54, 1.807) is 0 Å². The molecular weight excluding hydrogens is 314 g/mol. The Labute approximate surface area is 130 Å². The molecule has 0 bridgehead atoms. The van der Waals surface area contributed by atoms with Crippen molar-refractivity contribution in [3.63, 3.8) is 0 Å². The van der Waals surface area contributed by atoms with Crippen LogP contribution in [0.2, 0.25) is 0 Å². The lowest BCUT2D eigenvalue weighted by Gasteiger charge is -2.16. The summed E-state index contributed by atoms with van der Waals surface area (Å²) in [5, 5.41) is 2.63. The van der Waals surface area contributed by atoms with Gasteiger partial charge in [-0.15, -0.1) is 0 Å². The minimum atomic E-state index is -3.79. The van der Waals surface area contributed by atoms with Crippen molar-refractivity contribution in [2.24, 2.45) is 0 Å². The van der Waals surface area contributed by atoms with E-state index >= 15 is 0 Å². The monoisotopic (exact) mass is 333 g/mol. The van der Waals surface area contributed by atoms with Gasteiger partial charge in [-0.1, -0.05) is 13.8 Å². The van der Waals surface area contributed by atoms with Crippen molar-refractivity contribution >= 4 is 25.6 Å². The molecule has 0 saturated heterocycles. The zero-order chi connectivity index (χ0) is 16.0. The largest absolute Gasteiger partial charge is 0.483 e. The summed E-state index contributed by atoms with van der Waals surface area (Å²) >= 11 is 0. The Morgan fingerprint density at radius 1 is 1.38 bits per heavy atom. The zero-order valence-corrected chi connectivity index (χ0v) is 13.9. The number of carbonyl (C=O) groups is 1. The molecule has 1 aromatic carbocycles. The number of benzene rings is 1. The molecule has 0 heterocycles. The number of rotatable bonds is 7. The fourth-order valence-electron chi connectivity index (χ4n) is 1.81. The van der Waals surface area contributed by atoms with Crippen LogP contribution in [0.5, 0.6) is 5.75 Å². The van der Waals surface area contributed by atoms with Crippen molar-refractivity contribution < 1.29 is 17.9 Å². The molecule has 0 aliphatic heterocycles. The lowest BCUT2D eigenvalue weighted by atomic mass is 9.98. The second-order valence-corrected chi connectivity index (χ2v) is 7.25. The molecule has 0 aromatic heterocycles. The predicted molar refractivity (Wildman–Crippen MR) is 82.4 cm³/mol. The van der Waals surface area contributed by atoms with Crippen LogP contribution in [0, 0.1) is 0 Å². The molecule has 0 radical (unpaired) electrons. The van der Waals surface area contributed by atoms with Gasteiger partial charge < -0.3 is 10.1 Å². The molecule has 1 aromatic rings. The van der Waals surface area contributed by atoms with Crippen LogP contribution >= 0.6 is 10.7 Å². The summed E-state index contributed by atoms with van der Waals surface area (Å²) in [6.45, 7) is 6.19. The number of ether oxygens (including phenoxy) is 1. The zero-order valence-electron chi connectivity index (χ0n) is 12.3. The number of carbonyl (C=O) groups excluding carboxylic acids is 1. The van der Waals surface area contributed by atoms with E-state index in [1.165, 1.54) is 18.2 Å². The normalized spacial score (nSPS) is 12.8. The van der Waals surface area contributed by atoms with E-state index in [9.17, 15) is 13.2 Å². The summed E-state index contributed by atoms with van der Waals surface area (Å²) in [4.78, 5) is 11.5. The van der Waals surface area contributed by atoms with Gasteiger partial charge in [0.2, 0.25) is 0 Å². The second-order valence-electron chi connectivity index (χ2n) is 4.69. The summed E-state index contributed by atoms with van der Waals surface area (Å²) in [5.74, 6) is 0.369. The highest BCUT2D eigenvalue weighted by Gasteiger charge is 2.17. The van der Waals surface area contributed by atoms with Crippen LogP contribution in [-0.4, -0.2) is 27.5 Å². The second kappa shape index (κ2) is 7.66. The maximum Gasteiger partial charge on any atom is 0.261 e.